The summed E-state index contributed by atoms with van der Waals surface area (Å²) in [4.78, 5) is 16.1. The summed E-state index contributed by atoms with van der Waals surface area (Å²) in [5.74, 6) is 0.00106. The average Bonchev–Trinajstić information content (AvgIpc) is 2.75. The molecular weight excluding hydrogens is 300 g/mol. The van der Waals surface area contributed by atoms with Gasteiger partial charge in [0.15, 0.2) is 4.67 Å². The number of piperazine rings is 1. The first-order chi connectivity index (χ1) is 8.56. The van der Waals surface area contributed by atoms with Crippen molar-refractivity contribution in [2.24, 2.45) is 0 Å². The first-order valence-corrected chi connectivity index (χ1v) is 6.79. The SMILES string of the molecule is C[C@H](O)CN1CCN(C(=O)c2coc(Br)c2)CC1. The number of nitrogens with zero attached hydrogens (tertiary/aromatic N) is 2. The second-order valence-electron chi connectivity index (χ2n) is 4.58. The van der Waals surface area contributed by atoms with Gasteiger partial charge in [-0.25, -0.2) is 0 Å². The van der Waals surface area contributed by atoms with E-state index in [9.17, 15) is 9.90 Å². The van der Waals surface area contributed by atoms with Crippen LogP contribution in [0.2, 0.25) is 0 Å². The van der Waals surface area contributed by atoms with Crippen molar-refractivity contribution in [3.05, 3.63) is 22.6 Å². The van der Waals surface area contributed by atoms with Gasteiger partial charge in [0.25, 0.3) is 5.91 Å². The monoisotopic (exact) mass is 316 g/mol. The van der Waals surface area contributed by atoms with Crippen LogP contribution in [0.3, 0.4) is 0 Å². The molecule has 1 N–H and O–H groups in total. The number of hydrogen-bond acceptors (Lipinski definition) is 4. The van der Waals surface area contributed by atoms with Crippen molar-refractivity contribution in [3.8, 4) is 0 Å². The number of carbonyl (C=O) groups excluding carboxylic acids is 1. The highest BCUT2D eigenvalue weighted by Gasteiger charge is 2.23. The number of rotatable bonds is 3. The van der Waals surface area contributed by atoms with E-state index in [2.05, 4.69) is 20.8 Å². The van der Waals surface area contributed by atoms with Gasteiger partial charge in [-0.3, -0.25) is 9.69 Å². The highest BCUT2D eigenvalue weighted by molar-refractivity contribution is 9.10. The summed E-state index contributed by atoms with van der Waals surface area (Å²) < 4.78 is 5.64. The van der Waals surface area contributed by atoms with Gasteiger partial charge in [-0.05, 0) is 22.9 Å². The summed E-state index contributed by atoms with van der Waals surface area (Å²) in [5, 5.41) is 9.32. The third kappa shape index (κ3) is 3.34. The lowest BCUT2D eigenvalue weighted by atomic mass is 10.2. The molecule has 0 radical (unpaired) electrons. The van der Waals surface area contributed by atoms with Gasteiger partial charge in [0.05, 0.1) is 11.7 Å². The average molecular weight is 317 g/mol. The summed E-state index contributed by atoms with van der Waals surface area (Å²) in [5.41, 5.74) is 0.575. The molecule has 0 spiro atoms. The van der Waals surface area contributed by atoms with Crippen molar-refractivity contribution < 1.29 is 14.3 Å². The van der Waals surface area contributed by atoms with E-state index in [0.717, 1.165) is 13.1 Å². The third-order valence-corrected chi connectivity index (χ3v) is 3.41. The zero-order valence-corrected chi connectivity index (χ0v) is 11.9. The van der Waals surface area contributed by atoms with E-state index in [1.165, 1.54) is 6.26 Å². The molecule has 1 aliphatic rings. The van der Waals surface area contributed by atoms with Crippen LogP contribution < -0.4 is 0 Å². The maximum Gasteiger partial charge on any atom is 0.257 e. The molecule has 0 aliphatic carbocycles. The minimum Gasteiger partial charge on any atom is -0.457 e. The molecule has 1 atom stereocenters. The normalized spacial score (nSPS) is 18.9. The van der Waals surface area contributed by atoms with Gasteiger partial charge in [0.2, 0.25) is 0 Å². The van der Waals surface area contributed by atoms with Crippen LogP contribution in [0.25, 0.3) is 0 Å². The summed E-state index contributed by atoms with van der Waals surface area (Å²) in [7, 11) is 0. The second-order valence-corrected chi connectivity index (χ2v) is 5.36. The van der Waals surface area contributed by atoms with Gasteiger partial charge in [-0.15, -0.1) is 0 Å². The van der Waals surface area contributed by atoms with Crippen LogP contribution in [0.1, 0.15) is 17.3 Å². The Kier molecular flexibility index (Phi) is 4.42. The number of amides is 1. The van der Waals surface area contributed by atoms with Crippen LogP contribution >= 0.6 is 15.9 Å². The molecular formula is C12H17BrN2O3. The molecule has 1 amide bonds. The van der Waals surface area contributed by atoms with E-state index < -0.39 is 0 Å². The van der Waals surface area contributed by atoms with Crippen molar-refractivity contribution in [1.82, 2.24) is 9.80 Å². The Labute approximate surface area is 114 Å². The molecule has 0 unspecified atom stereocenters. The van der Waals surface area contributed by atoms with E-state index in [0.29, 0.717) is 29.9 Å². The number of β-amino-alcohol motifs (C(OH)–C–C–N with tert-alkyl or cyclic N) is 1. The van der Waals surface area contributed by atoms with Crippen molar-refractivity contribution in [3.63, 3.8) is 0 Å². The Morgan fingerprint density at radius 2 is 2.17 bits per heavy atom. The molecule has 1 aromatic heterocycles. The third-order valence-electron chi connectivity index (χ3n) is 3.00. The smallest absolute Gasteiger partial charge is 0.257 e. The van der Waals surface area contributed by atoms with Crippen LogP contribution in [0.4, 0.5) is 0 Å². The maximum absolute atomic E-state index is 12.1. The minimum absolute atomic E-state index is 0.00106. The van der Waals surface area contributed by atoms with Crippen LogP contribution in [0, 0.1) is 0 Å². The molecule has 100 valence electrons. The summed E-state index contributed by atoms with van der Waals surface area (Å²) in [6, 6.07) is 1.69. The van der Waals surface area contributed by atoms with Crippen molar-refractivity contribution in [2.75, 3.05) is 32.7 Å². The molecule has 2 heterocycles. The van der Waals surface area contributed by atoms with Gasteiger partial charge < -0.3 is 14.4 Å². The van der Waals surface area contributed by atoms with Crippen molar-refractivity contribution in [2.45, 2.75) is 13.0 Å². The Bertz CT molecular complexity index is 411. The lowest BCUT2D eigenvalue weighted by Crippen LogP contribution is -2.50. The molecule has 6 heteroatoms. The molecule has 0 saturated carbocycles. The number of aliphatic hydroxyl groups is 1. The number of furan rings is 1. The summed E-state index contributed by atoms with van der Waals surface area (Å²) >= 11 is 3.19. The number of aliphatic hydroxyl groups excluding tert-OH is 1. The van der Waals surface area contributed by atoms with Gasteiger partial charge in [0, 0.05) is 38.8 Å². The zero-order chi connectivity index (χ0) is 13.1. The number of hydrogen-bond donors (Lipinski definition) is 1. The topological polar surface area (TPSA) is 56.9 Å². The Morgan fingerprint density at radius 3 is 2.67 bits per heavy atom. The van der Waals surface area contributed by atoms with Crippen molar-refractivity contribution in [1.29, 1.82) is 0 Å². The van der Waals surface area contributed by atoms with Gasteiger partial charge >= 0.3 is 0 Å². The molecule has 1 aromatic rings. The van der Waals surface area contributed by atoms with Crippen molar-refractivity contribution >= 4 is 21.8 Å². The fourth-order valence-electron chi connectivity index (χ4n) is 2.11. The van der Waals surface area contributed by atoms with Gasteiger partial charge in [0.1, 0.15) is 6.26 Å². The van der Waals surface area contributed by atoms with Crippen LogP contribution in [-0.2, 0) is 0 Å². The fraction of sp³-hybridized carbons (Fsp3) is 0.583. The quantitative estimate of drug-likeness (QED) is 0.910. The van der Waals surface area contributed by atoms with E-state index in [4.69, 9.17) is 4.42 Å². The highest BCUT2D eigenvalue weighted by Crippen LogP contribution is 2.16. The summed E-state index contributed by atoms with van der Waals surface area (Å²) in [6.45, 7) is 5.42. The Hall–Kier alpha value is -0.850. The number of carbonyl (C=O) groups is 1. The van der Waals surface area contributed by atoms with Gasteiger partial charge in [-0.2, -0.15) is 0 Å². The second kappa shape index (κ2) is 5.86. The molecule has 1 fully saturated rings. The summed E-state index contributed by atoms with van der Waals surface area (Å²) in [6.07, 6.45) is 1.14. The van der Waals surface area contributed by atoms with Crippen LogP contribution in [-0.4, -0.2) is 59.6 Å². The first-order valence-electron chi connectivity index (χ1n) is 6.00. The lowest BCUT2D eigenvalue weighted by molar-refractivity contribution is 0.0553. The van der Waals surface area contributed by atoms with E-state index in [-0.39, 0.29) is 12.0 Å². The number of halogens is 1. The molecule has 18 heavy (non-hydrogen) atoms. The molecule has 2 rings (SSSR count). The molecule has 0 bridgehead atoms. The highest BCUT2D eigenvalue weighted by atomic mass is 79.9. The first kappa shape index (κ1) is 13.6. The predicted molar refractivity (Wildman–Crippen MR) is 70.4 cm³/mol. The molecule has 1 aliphatic heterocycles. The molecule has 5 nitrogen and oxygen atoms in total. The zero-order valence-electron chi connectivity index (χ0n) is 10.3. The Morgan fingerprint density at radius 1 is 1.50 bits per heavy atom. The lowest BCUT2D eigenvalue weighted by Gasteiger charge is -2.35. The van der Waals surface area contributed by atoms with E-state index in [1.807, 2.05) is 4.90 Å². The van der Waals surface area contributed by atoms with Crippen LogP contribution in [0.15, 0.2) is 21.4 Å². The fourth-order valence-corrected chi connectivity index (χ4v) is 2.45. The minimum atomic E-state index is -0.322. The van der Waals surface area contributed by atoms with E-state index in [1.54, 1.807) is 13.0 Å². The van der Waals surface area contributed by atoms with Crippen LogP contribution in [0.5, 0.6) is 0 Å². The van der Waals surface area contributed by atoms with Gasteiger partial charge in [-0.1, -0.05) is 0 Å². The Balaban J connectivity index is 1.88. The molecule has 1 saturated heterocycles. The standard InChI is InChI=1S/C12H17BrN2O3/c1-9(16)7-14-2-4-15(5-3-14)12(17)10-6-11(13)18-8-10/h6,8-9,16H,2-5,7H2,1H3/t9-/m0/s1. The molecule has 0 aromatic carbocycles. The van der Waals surface area contributed by atoms with E-state index >= 15 is 0 Å². The largest absolute Gasteiger partial charge is 0.457 e. The maximum atomic E-state index is 12.1. The predicted octanol–water partition coefficient (Wildman–Crippen LogP) is 1.18.